The highest BCUT2D eigenvalue weighted by Gasteiger charge is 2.38. The van der Waals surface area contributed by atoms with E-state index in [-0.39, 0.29) is 12.4 Å². The van der Waals surface area contributed by atoms with Gasteiger partial charge in [0.2, 0.25) is 0 Å². The van der Waals surface area contributed by atoms with Crippen molar-refractivity contribution in [2.75, 3.05) is 19.6 Å². The third-order valence-corrected chi connectivity index (χ3v) is 6.24. The van der Waals surface area contributed by atoms with Crippen LogP contribution in [0.2, 0.25) is 0 Å². The first-order chi connectivity index (χ1) is 11.2. The topological polar surface area (TPSA) is 23.5 Å². The molecule has 0 spiro atoms. The van der Waals surface area contributed by atoms with E-state index < -0.39 is 5.60 Å². The molecule has 1 aromatic carbocycles. The number of hydrogen-bond donors (Lipinski definition) is 1. The Labute approximate surface area is 154 Å². The molecule has 1 unspecified atom stereocenters. The number of aliphatic hydroxyl groups is 1. The first kappa shape index (κ1) is 19.8. The molecule has 2 nitrogen and oxygen atoms in total. The van der Waals surface area contributed by atoms with E-state index in [1.54, 1.807) is 0 Å². The second-order valence-electron chi connectivity index (χ2n) is 7.90. The normalized spacial score (nSPS) is 23.4. The van der Waals surface area contributed by atoms with Crippen LogP contribution in [0.1, 0.15) is 63.9 Å². The average Bonchev–Trinajstić information content (AvgIpc) is 2.62. The maximum Gasteiger partial charge on any atom is 0.0936 e. The lowest BCUT2D eigenvalue weighted by Crippen LogP contribution is -2.42. The predicted octanol–water partition coefficient (Wildman–Crippen LogP) is 5.00. The van der Waals surface area contributed by atoms with Gasteiger partial charge >= 0.3 is 0 Å². The highest BCUT2D eigenvalue weighted by Crippen LogP contribution is 2.41. The van der Waals surface area contributed by atoms with Crippen LogP contribution in [0, 0.1) is 11.8 Å². The molecule has 1 aromatic rings. The van der Waals surface area contributed by atoms with E-state index in [0.717, 1.165) is 24.4 Å². The Balaban J connectivity index is 0.00000208. The van der Waals surface area contributed by atoms with Gasteiger partial charge in [-0.15, -0.1) is 12.4 Å². The predicted molar refractivity (Wildman–Crippen MR) is 104 cm³/mol. The number of benzene rings is 1. The molecular weight excluding hydrogens is 318 g/mol. The van der Waals surface area contributed by atoms with Crippen LogP contribution >= 0.6 is 12.4 Å². The molecule has 0 amide bonds. The molecule has 2 aliphatic rings. The minimum atomic E-state index is -0.634. The molecule has 0 aromatic heterocycles. The fraction of sp³-hybridized carbons (Fsp3) is 0.714. The summed E-state index contributed by atoms with van der Waals surface area (Å²) in [5, 5.41) is 11.7. The van der Waals surface area contributed by atoms with E-state index in [2.05, 4.69) is 42.2 Å². The summed E-state index contributed by atoms with van der Waals surface area (Å²) in [6.07, 6.45) is 9.77. The maximum atomic E-state index is 11.7. The van der Waals surface area contributed by atoms with E-state index in [4.69, 9.17) is 0 Å². The van der Waals surface area contributed by atoms with Crippen molar-refractivity contribution in [1.82, 2.24) is 4.90 Å². The molecule has 136 valence electrons. The second-order valence-corrected chi connectivity index (χ2v) is 7.90. The van der Waals surface area contributed by atoms with E-state index in [1.807, 2.05) is 0 Å². The largest absolute Gasteiger partial charge is 0.385 e. The van der Waals surface area contributed by atoms with Crippen molar-refractivity contribution in [1.29, 1.82) is 0 Å². The first-order valence-corrected chi connectivity index (χ1v) is 9.69. The Morgan fingerprint density at radius 1 is 1.00 bits per heavy atom. The van der Waals surface area contributed by atoms with Gasteiger partial charge in [0.15, 0.2) is 0 Å². The molecule has 3 rings (SSSR count). The van der Waals surface area contributed by atoms with E-state index in [1.165, 1.54) is 58.0 Å². The van der Waals surface area contributed by atoms with Gasteiger partial charge in [0.05, 0.1) is 5.60 Å². The molecule has 1 heterocycles. The number of hydrogen-bond acceptors (Lipinski definition) is 2. The quantitative estimate of drug-likeness (QED) is 0.807. The Morgan fingerprint density at radius 3 is 2.25 bits per heavy atom. The summed E-state index contributed by atoms with van der Waals surface area (Å²) in [7, 11) is 0. The zero-order chi connectivity index (χ0) is 16.1. The lowest BCUT2D eigenvalue weighted by molar-refractivity contribution is -0.0534. The van der Waals surface area contributed by atoms with Crippen molar-refractivity contribution in [2.24, 2.45) is 11.8 Å². The minimum absolute atomic E-state index is 0. The molecule has 3 heteroatoms. The molecule has 0 radical (unpaired) electrons. The summed E-state index contributed by atoms with van der Waals surface area (Å²) in [5.41, 5.74) is 0.502. The van der Waals surface area contributed by atoms with Crippen LogP contribution in [0.25, 0.3) is 0 Å². The highest BCUT2D eigenvalue weighted by atomic mass is 35.5. The van der Waals surface area contributed by atoms with Gasteiger partial charge in [-0.05, 0) is 62.6 Å². The Bertz CT molecular complexity index is 466. The smallest absolute Gasteiger partial charge is 0.0936 e. The van der Waals surface area contributed by atoms with E-state index in [0.29, 0.717) is 5.92 Å². The van der Waals surface area contributed by atoms with Crippen molar-refractivity contribution in [3.63, 3.8) is 0 Å². The molecule has 24 heavy (non-hydrogen) atoms. The fourth-order valence-electron chi connectivity index (χ4n) is 4.51. The number of likely N-dealkylation sites (tertiary alicyclic amines) is 1. The zero-order valence-corrected chi connectivity index (χ0v) is 15.9. The third kappa shape index (κ3) is 4.74. The van der Waals surface area contributed by atoms with Gasteiger partial charge in [0, 0.05) is 6.54 Å². The maximum absolute atomic E-state index is 11.7. The van der Waals surface area contributed by atoms with E-state index in [9.17, 15) is 5.11 Å². The molecule has 1 atom stereocenters. The molecule has 0 bridgehead atoms. The van der Waals surface area contributed by atoms with Crippen molar-refractivity contribution in [3.05, 3.63) is 35.9 Å². The lowest BCUT2D eigenvalue weighted by atomic mass is 9.71. The zero-order valence-electron chi connectivity index (χ0n) is 15.1. The van der Waals surface area contributed by atoms with Crippen LogP contribution in [0.4, 0.5) is 0 Å². The molecule has 2 fully saturated rings. The summed E-state index contributed by atoms with van der Waals surface area (Å²) >= 11 is 0. The first-order valence-electron chi connectivity index (χ1n) is 9.69. The molecule has 1 N–H and O–H groups in total. The van der Waals surface area contributed by atoms with Crippen molar-refractivity contribution >= 4 is 12.4 Å². The van der Waals surface area contributed by atoms with Crippen LogP contribution in [0.3, 0.4) is 0 Å². The van der Waals surface area contributed by atoms with Crippen LogP contribution < -0.4 is 0 Å². The van der Waals surface area contributed by atoms with Crippen molar-refractivity contribution in [2.45, 2.75) is 63.9 Å². The van der Waals surface area contributed by atoms with Crippen LogP contribution in [0.15, 0.2) is 30.3 Å². The third-order valence-electron chi connectivity index (χ3n) is 6.24. The molecule has 1 aliphatic carbocycles. The van der Waals surface area contributed by atoms with Gasteiger partial charge in [-0.2, -0.15) is 0 Å². The average molecular weight is 352 g/mol. The van der Waals surface area contributed by atoms with Crippen LogP contribution in [-0.2, 0) is 5.60 Å². The summed E-state index contributed by atoms with van der Waals surface area (Å²) in [6.45, 7) is 5.81. The van der Waals surface area contributed by atoms with Crippen molar-refractivity contribution in [3.8, 4) is 0 Å². The van der Waals surface area contributed by atoms with Gasteiger partial charge in [-0.3, -0.25) is 0 Å². The summed E-state index contributed by atoms with van der Waals surface area (Å²) in [5.74, 6) is 1.31. The Kier molecular flexibility index (Phi) is 7.59. The van der Waals surface area contributed by atoms with Gasteiger partial charge in [-0.1, -0.05) is 56.5 Å². The minimum Gasteiger partial charge on any atom is -0.385 e. The molecule has 1 saturated carbocycles. The summed E-state index contributed by atoms with van der Waals surface area (Å²) in [4.78, 5) is 2.57. The molecule has 1 aliphatic heterocycles. The lowest BCUT2D eigenvalue weighted by Gasteiger charge is -2.41. The number of nitrogens with zero attached hydrogens (tertiary/aromatic N) is 1. The van der Waals surface area contributed by atoms with Gasteiger partial charge in [0.25, 0.3) is 0 Å². The van der Waals surface area contributed by atoms with Crippen LogP contribution in [-0.4, -0.2) is 29.6 Å². The fourth-order valence-corrected chi connectivity index (χ4v) is 4.51. The highest BCUT2D eigenvalue weighted by molar-refractivity contribution is 5.85. The second kappa shape index (κ2) is 9.22. The Morgan fingerprint density at radius 2 is 1.62 bits per heavy atom. The standard InChI is InChI=1S/C21H33NO.ClH/c1-18-12-15-22(16-13-18)17-14-21(23,19-8-4-2-5-9-19)20-10-6-3-7-11-20;/h2,4-5,8-9,18,20,23H,3,6-7,10-17H2,1H3;1H. The van der Waals surface area contributed by atoms with Crippen molar-refractivity contribution < 1.29 is 5.11 Å². The monoisotopic (exact) mass is 351 g/mol. The number of halogens is 1. The van der Waals surface area contributed by atoms with Gasteiger partial charge < -0.3 is 10.0 Å². The van der Waals surface area contributed by atoms with Crippen LogP contribution in [0.5, 0.6) is 0 Å². The van der Waals surface area contributed by atoms with Gasteiger partial charge in [-0.25, -0.2) is 0 Å². The number of rotatable bonds is 5. The van der Waals surface area contributed by atoms with E-state index >= 15 is 0 Å². The molecular formula is C21H34ClNO. The molecule has 1 saturated heterocycles. The summed E-state index contributed by atoms with van der Waals surface area (Å²) in [6, 6.07) is 10.5. The Hall–Kier alpha value is -0.570. The SMILES string of the molecule is CC1CCN(CCC(O)(c2ccccc2)C2CCCCC2)CC1.Cl. The van der Waals surface area contributed by atoms with Gasteiger partial charge in [0.1, 0.15) is 0 Å². The summed E-state index contributed by atoms with van der Waals surface area (Å²) < 4.78 is 0. The number of piperidine rings is 1.